The number of halogens is 1. The van der Waals surface area contributed by atoms with Gasteiger partial charge in [0.25, 0.3) is 0 Å². The minimum Gasteiger partial charge on any atom is -0.479 e. The third-order valence-corrected chi connectivity index (χ3v) is 3.97. The van der Waals surface area contributed by atoms with Gasteiger partial charge in [-0.25, -0.2) is 9.18 Å². The van der Waals surface area contributed by atoms with Crippen LogP contribution in [0, 0.1) is 5.82 Å². The Labute approximate surface area is 147 Å². The Morgan fingerprint density at radius 1 is 1.04 bits per heavy atom. The standard InChI is InChI=1S/C20H22FNO3/c1-19(2,3)25-18(23)22-13-20(14-22,15-7-5-4-6-8-15)24-17-11-9-16(21)10-12-17/h4-12H,13-14H2,1-3H3. The number of nitrogens with zero attached hydrogens (tertiary/aromatic N) is 1. The molecule has 3 rings (SSSR count). The molecule has 1 aliphatic heterocycles. The highest BCUT2D eigenvalue weighted by atomic mass is 19.1. The predicted octanol–water partition coefficient (Wildman–Crippen LogP) is 4.35. The number of amides is 1. The lowest BCUT2D eigenvalue weighted by Gasteiger charge is -2.49. The second-order valence-corrected chi connectivity index (χ2v) is 7.25. The lowest BCUT2D eigenvalue weighted by atomic mass is 9.86. The van der Waals surface area contributed by atoms with Gasteiger partial charge in [0.1, 0.15) is 17.2 Å². The molecular weight excluding hydrogens is 321 g/mol. The number of carbonyl (C=O) groups is 1. The van der Waals surface area contributed by atoms with Crippen molar-refractivity contribution in [1.82, 2.24) is 4.90 Å². The Kier molecular flexibility index (Phi) is 4.41. The predicted molar refractivity (Wildman–Crippen MR) is 93.0 cm³/mol. The summed E-state index contributed by atoms with van der Waals surface area (Å²) in [5.41, 5.74) is -0.227. The molecule has 0 N–H and O–H groups in total. The van der Waals surface area contributed by atoms with E-state index in [0.29, 0.717) is 18.8 Å². The van der Waals surface area contributed by atoms with Crippen LogP contribution in [-0.2, 0) is 10.3 Å². The first kappa shape index (κ1) is 17.3. The zero-order valence-corrected chi connectivity index (χ0v) is 14.7. The number of carbonyl (C=O) groups excluding carboxylic acids is 1. The van der Waals surface area contributed by atoms with Gasteiger partial charge in [-0.05, 0) is 50.6 Å². The summed E-state index contributed by atoms with van der Waals surface area (Å²) in [5, 5.41) is 0. The van der Waals surface area contributed by atoms with Gasteiger partial charge in [-0.15, -0.1) is 0 Å². The summed E-state index contributed by atoms with van der Waals surface area (Å²) >= 11 is 0. The zero-order chi connectivity index (χ0) is 18.1. The van der Waals surface area contributed by atoms with Crippen molar-refractivity contribution in [1.29, 1.82) is 0 Å². The van der Waals surface area contributed by atoms with Crippen LogP contribution in [0.15, 0.2) is 54.6 Å². The average Bonchev–Trinajstić information content (AvgIpc) is 2.51. The Balaban J connectivity index is 1.79. The third kappa shape index (κ3) is 3.92. The molecule has 2 aromatic carbocycles. The van der Waals surface area contributed by atoms with Crippen LogP contribution in [0.25, 0.3) is 0 Å². The fraction of sp³-hybridized carbons (Fsp3) is 0.350. The largest absolute Gasteiger partial charge is 0.479 e. The molecule has 1 saturated heterocycles. The van der Waals surface area contributed by atoms with Crippen molar-refractivity contribution >= 4 is 6.09 Å². The monoisotopic (exact) mass is 343 g/mol. The molecule has 1 heterocycles. The minimum absolute atomic E-state index is 0.315. The van der Waals surface area contributed by atoms with Gasteiger partial charge in [-0.2, -0.15) is 0 Å². The summed E-state index contributed by atoms with van der Waals surface area (Å²) in [6, 6.07) is 15.6. The van der Waals surface area contributed by atoms with E-state index in [9.17, 15) is 9.18 Å². The van der Waals surface area contributed by atoms with Crippen molar-refractivity contribution < 1.29 is 18.7 Å². The van der Waals surface area contributed by atoms with E-state index in [1.807, 2.05) is 51.1 Å². The zero-order valence-electron chi connectivity index (χ0n) is 14.7. The Bertz CT molecular complexity index is 732. The lowest BCUT2D eigenvalue weighted by molar-refractivity contribution is -0.0863. The molecule has 1 aliphatic rings. The van der Waals surface area contributed by atoms with E-state index in [0.717, 1.165) is 5.56 Å². The van der Waals surface area contributed by atoms with E-state index in [2.05, 4.69) is 0 Å². The maximum absolute atomic E-state index is 13.1. The third-order valence-electron chi connectivity index (χ3n) is 3.97. The number of benzene rings is 2. The van der Waals surface area contributed by atoms with Crippen LogP contribution < -0.4 is 4.74 Å². The molecule has 1 amide bonds. The second kappa shape index (κ2) is 6.39. The van der Waals surface area contributed by atoms with Gasteiger partial charge in [-0.1, -0.05) is 30.3 Å². The molecule has 5 heteroatoms. The molecule has 0 spiro atoms. The van der Waals surface area contributed by atoms with E-state index >= 15 is 0 Å². The summed E-state index contributed by atoms with van der Waals surface area (Å²) in [7, 11) is 0. The smallest absolute Gasteiger partial charge is 0.410 e. The molecule has 2 aromatic rings. The number of hydrogen-bond donors (Lipinski definition) is 0. The second-order valence-electron chi connectivity index (χ2n) is 7.25. The SMILES string of the molecule is CC(C)(C)OC(=O)N1CC(Oc2ccc(F)cc2)(c2ccccc2)C1. The van der Waals surface area contributed by atoms with E-state index in [1.165, 1.54) is 12.1 Å². The number of ether oxygens (including phenoxy) is 2. The molecule has 4 nitrogen and oxygen atoms in total. The summed E-state index contributed by atoms with van der Waals surface area (Å²) < 4.78 is 24.7. The Hall–Kier alpha value is -2.56. The van der Waals surface area contributed by atoms with Gasteiger partial charge in [0.2, 0.25) is 0 Å². The maximum Gasteiger partial charge on any atom is 0.410 e. The van der Waals surface area contributed by atoms with Crippen LogP contribution in [0.5, 0.6) is 5.75 Å². The number of hydrogen-bond acceptors (Lipinski definition) is 3. The summed E-state index contributed by atoms with van der Waals surface area (Å²) in [6.07, 6.45) is -0.359. The Morgan fingerprint density at radius 2 is 1.64 bits per heavy atom. The van der Waals surface area contributed by atoms with Crippen LogP contribution in [0.4, 0.5) is 9.18 Å². The lowest BCUT2D eigenvalue weighted by Crippen LogP contribution is -2.64. The van der Waals surface area contributed by atoms with E-state index in [-0.39, 0.29) is 11.9 Å². The van der Waals surface area contributed by atoms with Gasteiger partial charge in [0.05, 0.1) is 13.1 Å². The molecule has 0 bridgehead atoms. The summed E-state index contributed by atoms with van der Waals surface area (Å²) in [5.74, 6) is 0.249. The van der Waals surface area contributed by atoms with Crippen molar-refractivity contribution in [3.05, 3.63) is 66.0 Å². The minimum atomic E-state index is -0.657. The van der Waals surface area contributed by atoms with E-state index in [4.69, 9.17) is 9.47 Å². The maximum atomic E-state index is 13.1. The number of rotatable bonds is 3. The Morgan fingerprint density at radius 3 is 2.20 bits per heavy atom. The van der Waals surface area contributed by atoms with Crippen LogP contribution in [-0.4, -0.2) is 29.7 Å². The topological polar surface area (TPSA) is 38.8 Å². The van der Waals surface area contributed by atoms with Crippen molar-refractivity contribution in [3.63, 3.8) is 0 Å². The van der Waals surface area contributed by atoms with Crippen LogP contribution in [0.1, 0.15) is 26.3 Å². The van der Waals surface area contributed by atoms with Crippen molar-refractivity contribution in [2.24, 2.45) is 0 Å². The van der Waals surface area contributed by atoms with Crippen molar-refractivity contribution in [2.75, 3.05) is 13.1 Å². The van der Waals surface area contributed by atoms with Gasteiger partial charge in [0, 0.05) is 0 Å². The van der Waals surface area contributed by atoms with Gasteiger partial charge in [-0.3, -0.25) is 4.90 Å². The molecule has 25 heavy (non-hydrogen) atoms. The van der Waals surface area contributed by atoms with Crippen molar-refractivity contribution in [2.45, 2.75) is 32.0 Å². The average molecular weight is 343 g/mol. The molecule has 0 radical (unpaired) electrons. The van der Waals surface area contributed by atoms with Gasteiger partial charge >= 0.3 is 6.09 Å². The fourth-order valence-corrected chi connectivity index (χ4v) is 2.80. The highest BCUT2D eigenvalue weighted by Crippen LogP contribution is 2.37. The van der Waals surface area contributed by atoms with E-state index < -0.39 is 11.2 Å². The summed E-state index contributed by atoms with van der Waals surface area (Å²) in [6.45, 7) is 6.27. The molecular formula is C20H22FNO3. The molecule has 0 aromatic heterocycles. The van der Waals surface area contributed by atoms with E-state index in [1.54, 1.807) is 17.0 Å². The fourth-order valence-electron chi connectivity index (χ4n) is 2.80. The van der Waals surface area contributed by atoms with Crippen LogP contribution >= 0.6 is 0 Å². The molecule has 0 unspecified atom stereocenters. The van der Waals surface area contributed by atoms with Gasteiger partial charge in [0.15, 0.2) is 5.60 Å². The molecule has 1 fully saturated rings. The highest BCUT2D eigenvalue weighted by Gasteiger charge is 2.50. The normalized spacial score (nSPS) is 16.1. The van der Waals surface area contributed by atoms with Crippen LogP contribution in [0.3, 0.4) is 0 Å². The summed E-state index contributed by atoms with van der Waals surface area (Å²) in [4.78, 5) is 13.9. The molecule has 0 saturated carbocycles. The first-order chi connectivity index (χ1) is 11.8. The first-order valence-electron chi connectivity index (χ1n) is 8.25. The molecule has 132 valence electrons. The quantitative estimate of drug-likeness (QED) is 0.832. The molecule has 0 aliphatic carbocycles. The van der Waals surface area contributed by atoms with Gasteiger partial charge < -0.3 is 9.47 Å². The van der Waals surface area contributed by atoms with Crippen LogP contribution in [0.2, 0.25) is 0 Å². The molecule has 0 atom stereocenters. The number of likely N-dealkylation sites (tertiary alicyclic amines) is 1. The van der Waals surface area contributed by atoms with Crippen molar-refractivity contribution in [3.8, 4) is 5.75 Å². The first-order valence-corrected chi connectivity index (χ1v) is 8.25. The highest BCUT2D eigenvalue weighted by molar-refractivity contribution is 5.70.